The third kappa shape index (κ3) is 1.72. The molecule has 0 spiro atoms. The maximum atomic E-state index is 5.45. The van der Waals surface area contributed by atoms with Crippen molar-refractivity contribution < 1.29 is 4.74 Å². The van der Waals surface area contributed by atoms with Crippen LogP contribution in [0.25, 0.3) is 0 Å². The van der Waals surface area contributed by atoms with Crippen molar-refractivity contribution in [3.63, 3.8) is 0 Å². The largest absolute Gasteiger partial charge is 0.381 e. The van der Waals surface area contributed by atoms with E-state index < -0.39 is 0 Å². The first-order valence-electron chi connectivity index (χ1n) is 6.56. The zero-order valence-corrected chi connectivity index (χ0v) is 9.98. The molecule has 2 atom stereocenters. The molecule has 2 unspecified atom stereocenters. The fourth-order valence-electron chi connectivity index (χ4n) is 3.76. The van der Waals surface area contributed by atoms with E-state index >= 15 is 0 Å². The second-order valence-corrected chi connectivity index (χ2v) is 5.90. The highest BCUT2D eigenvalue weighted by Crippen LogP contribution is 2.48. The van der Waals surface area contributed by atoms with Gasteiger partial charge in [0.1, 0.15) is 0 Å². The van der Waals surface area contributed by atoms with Crippen molar-refractivity contribution in [2.24, 2.45) is 17.8 Å². The molecule has 0 N–H and O–H groups in total. The molecule has 2 aliphatic carbocycles. The van der Waals surface area contributed by atoms with E-state index in [0.717, 1.165) is 23.8 Å². The molecular formula is C13H23NO. The number of piperidine rings is 1. The van der Waals surface area contributed by atoms with Crippen molar-refractivity contribution in [2.45, 2.75) is 44.8 Å². The van der Waals surface area contributed by atoms with Crippen LogP contribution in [0.15, 0.2) is 0 Å². The molecule has 0 aromatic carbocycles. The van der Waals surface area contributed by atoms with Crippen molar-refractivity contribution in [3.8, 4) is 0 Å². The maximum absolute atomic E-state index is 5.45. The van der Waals surface area contributed by atoms with Crippen molar-refractivity contribution in [3.05, 3.63) is 0 Å². The molecule has 1 saturated heterocycles. The third-order valence-corrected chi connectivity index (χ3v) is 4.92. The van der Waals surface area contributed by atoms with Gasteiger partial charge in [0, 0.05) is 38.1 Å². The molecule has 0 bridgehead atoms. The van der Waals surface area contributed by atoms with Crippen LogP contribution in [0.3, 0.4) is 0 Å². The van der Waals surface area contributed by atoms with Crippen LogP contribution in [0, 0.1) is 17.8 Å². The van der Waals surface area contributed by atoms with Gasteiger partial charge in [-0.2, -0.15) is 0 Å². The van der Waals surface area contributed by atoms with E-state index in [9.17, 15) is 0 Å². The van der Waals surface area contributed by atoms with Crippen molar-refractivity contribution in [1.82, 2.24) is 4.90 Å². The molecule has 0 aromatic heterocycles. The second kappa shape index (κ2) is 3.74. The number of fused-ring (bicyclic) bond motifs is 1. The Morgan fingerprint density at radius 2 is 1.60 bits per heavy atom. The van der Waals surface area contributed by atoms with Gasteiger partial charge in [-0.15, -0.1) is 0 Å². The predicted molar refractivity (Wildman–Crippen MR) is 60.8 cm³/mol. The fraction of sp³-hybridized carbons (Fsp3) is 1.00. The van der Waals surface area contributed by atoms with Crippen molar-refractivity contribution in [2.75, 3.05) is 20.2 Å². The van der Waals surface area contributed by atoms with E-state index in [1.54, 1.807) is 0 Å². The highest BCUT2D eigenvalue weighted by Gasteiger charge is 2.57. The number of methoxy groups -OCH3 is 1. The summed E-state index contributed by atoms with van der Waals surface area (Å²) >= 11 is 0. The van der Waals surface area contributed by atoms with Gasteiger partial charge in [-0.3, -0.25) is 4.90 Å². The quantitative estimate of drug-likeness (QED) is 0.691. The van der Waals surface area contributed by atoms with Crippen LogP contribution in [0.5, 0.6) is 0 Å². The summed E-state index contributed by atoms with van der Waals surface area (Å²) in [5.41, 5.74) is 0. The Labute approximate surface area is 93.0 Å². The van der Waals surface area contributed by atoms with E-state index in [0.29, 0.717) is 6.10 Å². The SMILES string of the molecule is COC1C2CN([C@H]3CC[C@@H](C)CC3)CC21. The molecule has 3 rings (SSSR count). The average molecular weight is 209 g/mol. The molecule has 2 heteroatoms. The molecule has 3 fully saturated rings. The minimum atomic E-state index is 0.615. The number of hydrogen-bond acceptors (Lipinski definition) is 2. The number of rotatable bonds is 2. The van der Waals surface area contributed by atoms with Gasteiger partial charge >= 0.3 is 0 Å². The van der Waals surface area contributed by atoms with E-state index in [1.807, 2.05) is 7.11 Å². The van der Waals surface area contributed by atoms with Crippen molar-refractivity contribution in [1.29, 1.82) is 0 Å². The Morgan fingerprint density at radius 1 is 1.00 bits per heavy atom. The Morgan fingerprint density at radius 3 is 2.13 bits per heavy atom. The molecule has 2 nitrogen and oxygen atoms in total. The summed E-state index contributed by atoms with van der Waals surface area (Å²) in [6.45, 7) is 5.04. The highest BCUT2D eigenvalue weighted by molar-refractivity contribution is 5.07. The van der Waals surface area contributed by atoms with Gasteiger partial charge in [-0.05, 0) is 31.6 Å². The molecule has 3 aliphatic rings. The summed E-state index contributed by atoms with van der Waals surface area (Å²) < 4.78 is 5.45. The van der Waals surface area contributed by atoms with Crippen LogP contribution in [-0.4, -0.2) is 37.2 Å². The first kappa shape index (κ1) is 10.1. The maximum Gasteiger partial charge on any atom is 0.0660 e. The van der Waals surface area contributed by atoms with Gasteiger partial charge in [-0.1, -0.05) is 6.92 Å². The van der Waals surface area contributed by atoms with Gasteiger partial charge in [0.05, 0.1) is 6.10 Å². The topological polar surface area (TPSA) is 12.5 Å². The number of ether oxygens (including phenoxy) is 1. The van der Waals surface area contributed by atoms with Crippen LogP contribution in [0.1, 0.15) is 32.6 Å². The first-order chi connectivity index (χ1) is 7.29. The van der Waals surface area contributed by atoms with Gasteiger partial charge in [0.2, 0.25) is 0 Å². The summed E-state index contributed by atoms with van der Waals surface area (Å²) in [7, 11) is 1.87. The summed E-state index contributed by atoms with van der Waals surface area (Å²) in [4.78, 5) is 2.75. The lowest BCUT2D eigenvalue weighted by Crippen LogP contribution is -2.38. The molecule has 15 heavy (non-hydrogen) atoms. The molecule has 2 saturated carbocycles. The predicted octanol–water partition coefficient (Wildman–Crippen LogP) is 2.14. The standard InChI is InChI=1S/C13H23NO/c1-9-3-5-10(6-4-9)14-7-11-12(8-14)13(11)15-2/h9-13H,3-8H2,1-2H3/t9-,10+,11?,12?,13?. The Hall–Kier alpha value is -0.0800. The average Bonchev–Trinajstić information content (AvgIpc) is 2.72. The Kier molecular flexibility index (Phi) is 2.52. The third-order valence-electron chi connectivity index (χ3n) is 4.92. The molecular weight excluding hydrogens is 186 g/mol. The molecule has 86 valence electrons. The smallest absolute Gasteiger partial charge is 0.0660 e. The van der Waals surface area contributed by atoms with Gasteiger partial charge < -0.3 is 4.74 Å². The van der Waals surface area contributed by atoms with Gasteiger partial charge in [0.15, 0.2) is 0 Å². The highest BCUT2D eigenvalue weighted by atomic mass is 16.5. The van der Waals surface area contributed by atoms with E-state index in [-0.39, 0.29) is 0 Å². The van der Waals surface area contributed by atoms with Crippen LogP contribution in [-0.2, 0) is 4.74 Å². The summed E-state index contributed by atoms with van der Waals surface area (Å²) in [5.74, 6) is 2.74. The normalized spacial score (nSPS) is 50.4. The number of hydrogen-bond donors (Lipinski definition) is 0. The molecule has 0 aromatic rings. The minimum Gasteiger partial charge on any atom is -0.381 e. The van der Waals surface area contributed by atoms with E-state index in [1.165, 1.54) is 38.8 Å². The lowest BCUT2D eigenvalue weighted by Gasteiger charge is -2.34. The number of nitrogens with zero attached hydrogens (tertiary/aromatic N) is 1. The zero-order chi connectivity index (χ0) is 10.4. The Balaban J connectivity index is 1.50. The molecule has 1 aliphatic heterocycles. The van der Waals surface area contributed by atoms with E-state index in [4.69, 9.17) is 4.74 Å². The monoisotopic (exact) mass is 209 g/mol. The minimum absolute atomic E-state index is 0.615. The fourth-order valence-corrected chi connectivity index (χ4v) is 3.76. The van der Waals surface area contributed by atoms with Gasteiger partial charge in [0.25, 0.3) is 0 Å². The molecule has 0 radical (unpaired) electrons. The van der Waals surface area contributed by atoms with E-state index in [2.05, 4.69) is 11.8 Å². The lowest BCUT2D eigenvalue weighted by molar-refractivity contribution is 0.0975. The zero-order valence-electron chi connectivity index (χ0n) is 9.98. The van der Waals surface area contributed by atoms with Crippen LogP contribution in [0.2, 0.25) is 0 Å². The molecule has 1 heterocycles. The first-order valence-corrected chi connectivity index (χ1v) is 6.56. The van der Waals surface area contributed by atoms with Crippen molar-refractivity contribution >= 4 is 0 Å². The van der Waals surface area contributed by atoms with Crippen LogP contribution >= 0.6 is 0 Å². The lowest BCUT2D eigenvalue weighted by atomic mass is 9.86. The second-order valence-electron chi connectivity index (χ2n) is 5.90. The summed E-state index contributed by atoms with van der Waals surface area (Å²) in [6, 6.07) is 0.909. The van der Waals surface area contributed by atoms with Crippen LogP contribution < -0.4 is 0 Å². The van der Waals surface area contributed by atoms with Crippen LogP contribution in [0.4, 0.5) is 0 Å². The molecule has 0 amide bonds. The Bertz CT molecular complexity index is 223. The summed E-state index contributed by atoms with van der Waals surface area (Å²) in [6.07, 6.45) is 6.40. The number of likely N-dealkylation sites (tertiary alicyclic amines) is 1. The summed E-state index contributed by atoms with van der Waals surface area (Å²) in [5, 5.41) is 0. The van der Waals surface area contributed by atoms with Gasteiger partial charge in [-0.25, -0.2) is 0 Å².